The summed E-state index contributed by atoms with van der Waals surface area (Å²) >= 11 is 0. The van der Waals surface area contributed by atoms with E-state index >= 15 is 0 Å². The fourth-order valence-electron chi connectivity index (χ4n) is 2.37. The normalized spacial score (nSPS) is 32.8. The molecule has 0 bridgehead atoms. The second-order valence-corrected chi connectivity index (χ2v) is 5.66. The molecule has 1 unspecified atom stereocenters. The van der Waals surface area contributed by atoms with E-state index in [2.05, 4.69) is 24.1 Å². The third kappa shape index (κ3) is 3.44. The third-order valence-electron chi connectivity index (χ3n) is 3.68. The number of rotatable bonds is 2. The summed E-state index contributed by atoms with van der Waals surface area (Å²) < 4.78 is 5.73. The van der Waals surface area contributed by atoms with Crippen molar-refractivity contribution in [2.24, 2.45) is 5.41 Å². The van der Waals surface area contributed by atoms with Crippen LogP contribution in [0.25, 0.3) is 0 Å². The van der Waals surface area contributed by atoms with Crippen LogP contribution in [0.2, 0.25) is 0 Å². The van der Waals surface area contributed by atoms with Gasteiger partial charge in [0.05, 0.1) is 12.7 Å². The first-order valence-electron chi connectivity index (χ1n) is 6.20. The number of morpholine rings is 1. The number of nitrogens with zero attached hydrogens (tertiary/aromatic N) is 1. The van der Waals surface area contributed by atoms with Crippen LogP contribution in [-0.4, -0.2) is 50.3 Å². The van der Waals surface area contributed by atoms with Gasteiger partial charge in [0.25, 0.3) is 0 Å². The van der Waals surface area contributed by atoms with Crippen LogP contribution in [0.3, 0.4) is 0 Å². The highest BCUT2D eigenvalue weighted by Crippen LogP contribution is 2.29. The topological polar surface area (TPSA) is 24.5 Å². The molecule has 0 spiro atoms. The van der Waals surface area contributed by atoms with Gasteiger partial charge in [0.1, 0.15) is 0 Å². The Morgan fingerprint density at radius 2 is 2.07 bits per heavy atom. The van der Waals surface area contributed by atoms with Crippen molar-refractivity contribution in [3.8, 4) is 0 Å². The van der Waals surface area contributed by atoms with Gasteiger partial charge in [-0.1, -0.05) is 13.8 Å². The van der Waals surface area contributed by atoms with E-state index in [1.165, 1.54) is 25.9 Å². The lowest BCUT2D eigenvalue weighted by molar-refractivity contribution is -0.00518. The number of hydrogen-bond donors (Lipinski definition) is 1. The summed E-state index contributed by atoms with van der Waals surface area (Å²) in [4.78, 5) is 2.56. The third-order valence-corrected chi connectivity index (χ3v) is 3.68. The van der Waals surface area contributed by atoms with E-state index in [1.807, 2.05) is 0 Å². The van der Waals surface area contributed by atoms with Crippen LogP contribution in [0.5, 0.6) is 0 Å². The van der Waals surface area contributed by atoms with E-state index in [0.29, 0.717) is 11.5 Å². The van der Waals surface area contributed by atoms with E-state index < -0.39 is 0 Å². The number of piperidine rings is 1. The van der Waals surface area contributed by atoms with Crippen LogP contribution in [0, 0.1) is 5.41 Å². The smallest absolute Gasteiger partial charge is 0.0826 e. The van der Waals surface area contributed by atoms with Crippen LogP contribution in [0.1, 0.15) is 26.7 Å². The highest BCUT2D eigenvalue weighted by Gasteiger charge is 2.27. The minimum atomic E-state index is 0.417. The second-order valence-electron chi connectivity index (χ2n) is 5.66. The molecule has 2 rings (SSSR count). The average Bonchev–Trinajstić information content (AvgIpc) is 2.23. The number of likely N-dealkylation sites (tertiary alicyclic amines) is 1. The van der Waals surface area contributed by atoms with Crippen molar-refractivity contribution in [1.29, 1.82) is 0 Å². The Morgan fingerprint density at radius 1 is 1.33 bits per heavy atom. The molecule has 1 atom stereocenters. The van der Waals surface area contributed by atoms with Crippen molar-refractivity contribution in [3.63, 3.8) is 0 Å². The molecule has 15 heavy (non-hydrogen) atoms. The predicted molar refractivity (Wildman–Crippen MR) is 62.1 cm³/mol. The van der Waals surface area contributed by atoms with E-state index in [4.69, 9.17) is 4.74 Å². The summed E-state index contributed by atoms with van der Waals surface area (Å²) in [7, 11) is 0. The quantitative estimate of drug-likeness (QED) is 0.742. The summed E-state index contributed by atoms with van der Waals surface area (Å²) in [5.74, 6) is 0. The standard InChI is InChI=1S/C12H24N2O/c1-12(2)3-6-14(7-4-12)10-11-9-13-5-8-15-11/h11,13H,3-10H2,1-2H3. The Morgan fingerprint density at radius 3 is 2.67 bits per heavy atom. The molecule has 0 amide bonds. The monoisotopic (exact) mass is 212 g/mol. The van der Waals surface area contributed by atoms with Crippen molar-refractivity contribution in [2.45, 2.75) is 32.8 Å². The van der Waals surface area contributed by atoms with Crippen LogP contribution < -0.4 is 5.32 Å². The minimum Gasteiger partial charge on any atom is -0.374 e. The van der Waals surface area contributed by atoms with Gasteiger partial charge in [0.15, 0.2) is 0 Å². The summed E-state index contributed by atoms with van der Waals surface area (Å²) in [6, 6.07) is 0. The van der Waals surface area contributed by atoms with Crippen molar-refractivity contribution in [3.05, 3.63) is 0 Å². The van der Waals surface area contributed by atoms with Crippen LogP contribution in [0.15, 0.2) is 0 Å². The highest BCUT2D eigenvalue weighted by molar-refractivity contribution is 4.81. The molecule has 88 valence electrons. The maximum absolute atomic E-state index is 5.73. The maximum atomic E-state index is 5.73. The summed E-state index contributed by atoms with van der Waals surface area (Å²) in [6.07, 6.45) is 3.07. The zero-order valence-corrected chi connectivity index (χ0v) is 10.1. The van der Waals surface area contributed by atoms with Crippen molar-refractivity contribution in [2.75, 3.05) is 39.3 Å². The molecule has 3 heteroatoms. The fraction of sp³-hybridized carbons (Fsp3) is 1.00. The molecule has 0 aliphatic carbocycles. The molecule has 2 heterocycles. The van der Waals surface area contributed by atoms with E-state index in [9.17, 15) is 0 Å². The zero-order valence-electron chi connectivity index (χ0n) is 10.1. The Hall–Kier alpha value is -0.120. The van der Waals surface area contributed by atoms with Crippen LogP contribution in [-0.2, 0) is 4.74 Å². The first-order chi connectivity index (χ1) is 7.16. The lowest BCUT2D eigenvalue weighted by Crippen LogP contribution is -2.48. The molecule has 0 saturated carbocycles. The second kappa shape index (κ2) is 4.81. The minimum absolute atomic E-state index is 0.417. The van der Waals surface area contributed by atoms with Gasteiger partial charge in [-0.3, -0.25) is 0 Å². The van der Waals surface area contributed by atoms with Crippen molar-refractivity contribution < 1.29 is 4.74 Å². The molecular weight excluding hydrogens is 188 g/mol. The summed E-state index contributed by atoms with van der Waals surface area (Å²) in [6.45, 7) is 11.3. The van der Waals surface area contributed by atoms with Crippen molar-refractivity contribution in [1.82, 2.24) is 10.2 Å². The molecule has 2 saturated heterocycles. The van der Waals surface area contributed by atoms with Gasteiger partial charge in [-0.25, -0.2) is 0 Å². The van der Waals surface area contributed by atoms with E-state index in [-0.39, 0.29) is 0 Å². The van der Waals surface area contributed by atoms with Gasteiger partial charge < -0.3 is 15.0 Å². The van der Waals surface area contributed by atoms with Crippen LogP contribution >= 0.6 is 0 Å². The Kier molecular flexibility index (Phi) is 3.65. The SMILES string of the molecule is CC1(C)CCN(CC2CNCCO2)CC1. The lowest BCUT2D eigenvalue weighted by atomic mass is 9.82. The van der Waals surface area contributed by atoms with E-state index in [1.54, 1.807) is 0 Å². The first-order valence-corrected chi connectivity index (χ1v) is 6.20. The van der Waals surface area contributed by atoms with Gasteiger partial charge in [-0.05, 0) is 31.3 Å². The molecule has 2 aliphatic heterocycles. The summed E-state index contributed by atoms with van der Waals surface area (Å²) in [5, 5.41) is 3.39. The lowest BCUT2D eigenvalue weighted by Gasteiger charge is -2.39. The molecule has 0 aromatic heterocycles. The predicted octanol–water partition coefficient (Wildman–Crippen LogP) is 1.10. The van der Waals surface area contributed by atoms with Gasteiger partial charge in [-0.2, -0.15) is 0 Å². The highest BCUT2D eigenvalue weighted by atomic mass is 16.5. The molecular formula is C12H24N2O. The Labute approximate surface area is 93.2 Å². The molecule has 0 aromatic carbocycles. The van der Waals surface area contributed by atoms with Gasteiger partial charge in [0.2, 0.25) is 0 Å². The molecule has 3 nitrogen and oxygen atoms in total. The Bertz CT molecular complexity index is 190. The van der Waals surface area contributed by atoms with Crippen molar-refractivity contribution >= 4 is 0 Å². The van der Waals surface area contributed by atoms with Gasteiger partial charge in [0, 0.05) is 19.6 Å². The van der Waals surface area contributed by atoms with Crippen LogP contribution in [0.4, 0.5) is 0 Å². The first kappa shape index (κ1) is 11.4. The van der Waals surface area contributed by atoms with Gasteiger partial charge >= 0.3 is 0 Å². The number of nitrogens with one attached hydrogen (secondary N) is 1. The maximum Gasteiger partial charge on any atom is 0.0826 e. The molecule has 0 aromatic rings. The number of hydrogen-bond acceptors (Lipinski definition) is 3. The molecule has 1 N–H and O–H groups in total. The Balaban J connectivity index is 1.71. The average molecular weight is 212 g/mol. The molecule has 0 radical (unpaired) electrons. The van der Waals surface area contributed by atoms with Gasteiger partial charge in [-0.15, -0.1) is 0 Å². The van der Waals surface area contributed by atoms with E-state index in [0.717, 1.165) is 26.2 Å². The largest absolute Gasteiger partial charge is 0.374 e. The number of ether oxygens (including phenoxy) is 1. The fourth-order valence-corrected chi connectivity index (χ4v) is 2.37. The summed E-state index contributed by atoms with van der Waals surface area (Å²) in [5.41, 5.74) is 0.558. The molecule has 2 aliphatic rings. The zero-order chi connectivity index (χ0) is 10.7. The molecule has 2 fully saturated rings.